The molecule has 1 aliphatic rings. The molecule has 1 fully saturated rings. The Morgan fingerprint density at radius 1 is 1.30 bits per heavy atom. The summed E-state index contributed by atoms with van der Waals surface area (Å²) in [6.45, 7) is 3.39. The first-order valence-corrected chi connectivity index (χ1v) is 7.65. The van der Waals surface area contributed by atoms with Gasteiger partial charge in [-0.3, -0.25) is 9.59 Å². The zero-order valence-electron chi connectivity index (χ0n) is 13.5. The first-order chi connectivity index (χ1) is 10.9. The second-order valence-electron chi connectivity index (χ2n) is 6.46. The molecule has 0 bridgehead atoms. The van der Waals surface area contributed by atoms with Gasteiger partial charge < -0.3 is 14.8 Å². The van der Waals surface area contributed by atoms with Crippen molar-refractivity contribution < 1.29 is 9.18 Å². The van der Waals surface area contributed by atoms with Crippen LogP contribution in [0.2, 0.25) is 0 Å². The van der Waals surface area contributed by atoms with Gasteiger partial charge in [0.05, 0.1) is 11.1 Å². The summed E-state index contributed by atoms with van der Waals surface area (Å²) in [5, 5.41) is 0.567. The fourth-order valence-electron chi connectivity index (χ4n) is 3.37. The summed E-state index contributed by atoms with van der Waals surface area (Å²) in [5.74, 6) is -0.260. The molecule has 1 aromatic heterocycles. The van der Waals surface area contributed by atoms with Gasteiger partial charge in [0.1, 0.15) is 5.82 Å². The third-order valence-electron chi connectivity index (χ3n) is 4.56. The fourth-order valence-corrected chi connectivity index (χ4v) is 3.37. The van der Waals surface area contributed by atoms with E-state index in [-0.39, 0.29) is 5.91 Å². The number of benzene rings is 1. The number of likely N-dealkylation sites (tertiary alicyclic amines) is 1. The van der Waals surface area contributed by atoms with Crippen molar-refractivity contribution in [2.45, 2.75) is 13.0 Å². The normalized spacial score (nSPS) is 21.3. The second kappa shape index (κ2) is 5.77. The van der Waals surface area contributed by atoms with Crippen molar-refractivity contribution >= 4 is 16.8 Å². The molecule has 1 amide bonds. The predicted octanol–water partition coefficient (Wildman–Crippen LogP) is 1.69. The van der Waals surface area contributed by atoms with Gasteiger partial charge in [-0.25, -0.2) is 4.39 Å². The second-order valence-corrected chi connectivity index (χ2v) is 6.46. The van der Waals surface area contributed by atoms with Gasteiger partial charge >= 0.3 is 0 Å². The Labute approximate surface area is 133 Å². The van der Waals surface area contributed by atoms with E-state index in [2.05, 4.69) is 16.8 Å². The van der Waals surface area contributed by atoms with Gasteiger partial charge in [0.15, 0.2) is 0 Å². The molecule has 1 saturated heterocycles. The van der Waals surface area contributed by atoms with E-state index in [1.54, 1.807) is 4.90 Å². The highest BCUT2D eigenvalue weighted by Gasteiger charge is 2.34. The van der Waals surface area contributed by atoms with Gasteiger partial charge in [0.2, 0.25) is 5.56 Å². The molecule has 5 nitrogen and oxygen atoms in total. The number of carbonyl (C=O) groups excluding carboxylic acids is 1. The monoisotopic (exact) mass is 317 g/mol. The lowest BCUT2D eigenvalue weighted by Crippen LogP contribution is -2.36. The van der Waals surface area contributed by atoms with Gasteiger partial charge in [-0.05, 0) is 38.2 Å². The van der Waals surface area contributed by atoms with Crippen LogP contribution in [0.3, 0.4) is 0 Å². The van der Waals surface area contributed by atoms with Crippen LogP contribution in [0.5, 0.6) is 0 Å². The standard InChI is InChI=1S/C17H20FN3O2/c1-10-8-21(9-15(10)20(2)3)17(23)13-7-16(22)19-14-6-11(18)4-5-12(13)14/h4-7,10,15H,8-9H2,1-3H3,(H,19,22)/t10-,15-/m1/s1. The van der Waals surface area contributed by atoms with Crippen LogP contribution in [0, 0.1) is 11.7 Å². The molecule has 2 heterocycles. The summed E-state index contributed by atoms with van der Waals surface area (Å²) < 4.78 is 13.4. The lowest BCUT2D eigenvalue weighted by atomic mass is 10.1. The van der Waals surface area contributed by atoms with E-state index < -0.39 is 11.4 Å². The van der Waals surface area contributed by atoms with Gasteiger partial charge in [-0.1, -0.05) is 6.92 Å². The summed E-state index contributed by atoms with van der Waals surface area (Å²) in [4.78, 5) is 31.2. The van der Waals surface area contributed by atoms with Gasteiger partial charge in [0, 0.05) is 30.6 Å². The molecular formula is C17H20FN3O2. The summed E-state index contributed by atoms with van der Waals surface area (Å²) in [6.07, 6.45) is 0. The summed E-state index contributed by atoms with van der Waals surface area (Å²) in [6, 6.07) is 5.67. The maximum absolute atomic E-state index is 13.4. The number of hydrogen-bond donors (Lipinski definition) is 1. The Morgan fingerprint density at radius 2 is 2.04 bits per heavy atom. The van der Waals surface area contributed by atoms with E-state index in [1.165, 1.54) is 24.3 Å². The Balaban J connectivity index is 2.00. The van der Waals surface area contributed by atoms with Gasteiger partial charge in [-0.2, -0.15) is 0 Å². The van der Waals surface area contributed by atoms with Crippen LogP contribution in [-0.2, 0) is 0 Å². The Hall–Kier alpha value is -2.21. The molecule has 0 saturated carbocycles. The van der Waals surface area contributed by atoms with E-state index in [1.807, 2.05) is 14.1 Å². The van der Waals surface area contributed by atoms with E-state index >= 15 is 0 Å². The summed E-state index contributed by atoms with van der Waals surface area (Å²) in [7, 11) is 4.00. The fraction of sp³-hybridized carbons (Fsp3) is 0.412. The molecule has 1 N–H and O–H groups in total. The third-order valence-corrected chi connectivity index (χ3v) is 4.56. The number of rotatable bonds is 2. The number of nitrogens with zero attached hydrogens (tertiary/aromatic N) is 2. The molecule has 0 aliphatic carbocycles. The highest BCUT2D eigenvalue weighted by molar-refractivity contribution is 6.06. The van der Waals surface area contributed by atoms with Crippen molar-refractivity contribution in [3.8, 4) is 0 Å². The lowest BCUT2D eigenvalue weighted by Gasteiger charge is -2.22. The molecule has 1 aromatic carbocycles. The number of amides is 1. The molecule has 0 unspecified atom stereocenters. The Morgan fingerprint density at radius 3 is 2.70 bits per heavy atom. The zero-order valence-corrected chi connectivity index (χ0v) is 13.5. The molecule has 2 aromatic rings. The minimum absolute atomic E-state index is 0.177. The Kier molecular flexibility index (Phi) is 3.93. The SMILES string of the molecule is C[C@@H]1CN(C(=O)c2cc(=O)[nH]c3cc(F)ccc23)C[C@H]1N(C)C. The minimum atomic E-state index is -0.444. The van der Waals surface area contributed by atoms with Crippen LogP contribution in [0.4, 0.5) is 4.39 Å². The highest BCUT2D eigenvalue weighted by atomic mass is 19.1. The molecule has 23 heavy (non-hydrogen) atoms. The lowest BCUT2D eigenvalue weighted by molar-refractivity contribution is 0.0783. The van der Waals surface area contributed by atoms with Crippen molar-refractivity contribution in [1.29, 1.82) is 0 Å². The molecule has 0 radical (unpaired) electrons. The number of aromatic nitrogens is 1. The quantitative estimate of drug-likeness (QED) is 0.917. The molecule has 6 heteroatoms. The summed E-state index contributed by atoms with van der Waals surface area (Å²) >= 11 is 0. The van der Waals surface area contributed by atoms with Crippen LogP contribution in [0.1, 0.15) is 17.3 Å². The largest absolute Gasteiger partial charge is 0.337 e. The molecular weight excluding hydrogens is 297 g/mol. The van der Waals surface area contributed by atoms with Crippen molar-refractivity contribution in [3.05, 3.63) is 46.0 Å². The average Bonchev–Trinajstić information content (AvgIpc) is 2.87. The van der Waals surface area contributed by atoms with Crippen LogP contribution in [0.25, 0.3) is 10.9 Å². The maximum atomic E-state index is 13.4. The molecule has 1 aliphatic heterocycles. The molecule has 122 valence electrons. The number of likely N-dealkylation sites (N-methyl/N-ethyl adjacent to an activating group) is 1. The average molecular weight is 317 g/mol. The summed E-state index contributed by atoms with van der Waals surface area (Å²) in [5.41, 5.74) is 0.274. The number of fused-ring (bicyclic) bond motifs is 1. The zero-order chi connectivity index (χ0) is 16.7. The van der Waals surface area contributed by atoms with E-state index in [0.717, 1.165) is 0 Å². The number of pyridine rings is 1. The maximum Gasteiger partial charge on any atom is 0.254 e. The molecule has 0 spiro atoms. The minimum Gasteiger partial charge on any atom is -0.337 e. The van der Waals surface area contributed by atoms with Crippen LogP contribution in [0.15, 0.2) is 29.1 Å². The van der Waals surface area contributed by atoms with E-state index in [9.17, 15) is 14.0 Å². The highest BCUT2D eigenvalue weighted by Crippen LogP contribution is 2.24. The first-order valence-electron chi connectivity index (χ1n) is 7.65. The number of nitrogens with one attached hydrogen (secondary N) is 1. The smallest absolute Gasteiger partial charge is 0.254 e. The van der Waals surface area contributed by atoms with Gasteiger partial charge in [0.25, 0.3) is 5.91 Å². The van der Waals surface area contributed by atoms with Gasteiger partial charge in [-0.15, -0.1) is 0 Å². The van der Waals surface area contributed by atoms with Crippen molar-refractivity contribution in [1.82, 2.24) is 14.8 Å². The third kappa shape index (κ3) is 2.86. The predicted molar refractivity (Wildman–Crippen MR) is 87.1 cm³/mol. The van der Waals surface area contributed by atoms with Crippen LogP contribution < -0.4 is 5.56 Å². The van der Waals surface area contributed by atoms with E-state index in [4.69, 9.17) is 0 Å². The van der Waals surface area contributed by atoms with Crippen LogP contribution >= 0.6 is 0 Å². The topological polar surface area (TPSA) is 56.4 Å². The van der Waals surface area contributed by atoms with Crippen molar-refractivity contribution in [2.75, 3.05) is 27.2 Å². The number of halogens is 1. The van der Waals surface area contributed by atoms with Crippen molar-refractivity contribution in [2.24, 2.45) is 5.92 Å². The Bertz CT molecular complexity index is 815. The number of hydrogen-bond acceptors (Lipinski definition) is 3. The van der Waals surface area contributed by atoms with Crippen LogP contribution in [-0.4, -0.2) is 53.9 Å². The molecule has 3 rings (SSSR count). The number of aromatic amines is 1. The number of carbonyl (C=O) groups is 1. The van der Waals surface area contributed by atoms with E-state index in [0.29, 0.717) is 41.5 Å². The first kappa shape index (κ1) is 15.7. The van der Waals surface area contributed by atoms with Crippen molar-refractivity contribution in [3.63, 3.8) is 0 Å². The molecule has 2 atom stereocenters. The number of H-pyrrole nitrogens is 1.